The topological polar surface area (TPSA) is 81.3 Å². The molecule has 6 heteroatoms. The predicted octanol–water partition coefficient (Wildman–Crippen LogP) is 2.24. The molecule has 0 saturated heterocycles. The summed E-state index contributed by atoms with van der Waals surface area (Å²) in [6.07, 6.45) is 6.65. The van der Waals surface area contributed by atoms with E-state index in [1.54, 1.807) is 7.05 Å². The van der Waals surface area contributed by atoms with Gasteiger partial charge in [-0.15, -0.1) is 0 Å². The van der Waals surface area contributed by atoms with Crippen molar-refractivity contribution >= 4 is 22.8 Å². The van der Waals surface area contributed by atoms with E-state index in [2.05, 4.69) is 57.2 Å². The molecule has 0 bridgehead atoms. The Morgan fingerprint density at radius 1 is 1.27 bits per heavy atom. The monoisotopic (exact) mass is 355 g/mol. The molecule has 1 aliphatic carbocycles. The highest BCUT2D eigenvalue weighted by Gasteiger charge is 2.22. The van der Waals surface area contributed by atoms with Crippen LogP contribution < -0.4 is 16.0 Å². The van der Waals surface area contributed by atoms with Crippen LogP contribution in [-0.4, -0.2) is 43.0 Å². The van der Waals surface area contributed by atoms with E-state index in [0.717, 1.165) is 44.7 Å². The smallest absolute Gasteiger partial charge is 0.220 e. The van der Waals surface area contributed by atoms with Crippen LogP contribution in [0.1, 0.15) is 36.8 Å². The van der Waals surface area contributed by atoms with Crippen molar-refractivity contribution in [3.05, 3.63) is 35.5 Å². The number of amides is 1. The number of nitrogens with zero attached hydrogens (tertiary/aromatic N) is 1. The molecule has 26 heavy (non-hydrogen) atoms. The predicted molar refractivity (Wildman–Crippen MR) is 107 cm³/mol. The van der Waals surface area contributed by atoms with Gasteiger partial charge in [0.2, 0.25) is 5.91 Å². The normalized spacial score (nSPS) is 14.5. The van der Waals surface area contributed by atoms with Crippen molar-refractivity contribution in [2.45, 2.75) is 45.1 Å². The lowest BCUT2D eigenvalue weighted by Gasteiger charge is -2.11. The number of aromatic nitrogens is 1. The van der Waals surface area contributed by atoms with Crippen LogP contribution in [0.3, 0.4) is 0 Å². The second-order valence-corrected chi connectivity index (χ2v) is 6.98. The van der Waals surface area contributed by atoms with Crippen molar-refractivity contribution < 1.29 is 4.79 Å². The van der Waals surface area contributed by atoms with Gasteiger partial charge in [0.1, 0.15) is 0 Å². The third-order valence-corrected chi connectivity index (χ3v) is 4.65. The van der Waals surface area contributed by atoms with Crippen molar-refractivity contribution in [2.24, 2.45) is 4.99 Å². The zero-order valence-corrected chi connectivity index (χ0v) is 15.7. The molecule has 3 rings (SSSR count). The largest absolute Gasteiger partial charge is 0.361 e. The van der Waals surface area contributed by atoms with E-state index in [9.17, 15) is 4.79 Å². The Labute approximate surface area is 154 Å². The lowest BCUT2D eigenvalue weighted by molar-refractivity contribution is -0.121. The summed E-state index contributed by atoms with van der Waals surface area (Å²) in [7, 11) is 1.77. The Balaban J connectivity index is 1.36. The van der Waals surface area contributed by atoms with Gasteiger partial charge >= 0.3 is 0 Å². The first kappa shape index (κ1) is 18.3. The summed E-state index contributed by atoms with van der Waals surface area (Å²) in [5.41, 5.74) is 3.76. The molecule has 0 radical (unpaired) electrons. The molecule has 1 heterocycles. The number of carbonyl (C=O) groups excluding carboxylic acids is 1. The second-order valence-electron chi connectivity index (χ2n) is 6.98. The zero-order chi connectivity index (χ0) is 18.4. The fourth-order valence-corrected chi connectivity index (χ4v) is 3.03. The van der Waals surface area contributed by atoms with Gasteiger partial charge in [-0.2, -0.15) is 0 Å². The minimum absolute atomic E-state index is 0.159. The quantitative estimate of drug-likeness (QED) is 0.333. The third kappa shape index (κ3) is 5.25. The van der Waals surface area contributed by atoms with E-state index in [0.29, 0.717) is 12.5 Å². The molecule has 2 aromatic rings. The van der Waals surface area contributed by atoms with E-state index >= 15 is 0 Å². The first-order valence-electron chi connectivity index (χ1n) is 9.46. The molecule has 0 spiro atoms. The van der Waals surface area contributed by atoms with E-state index in [-0.39, 0.29) is 5.91 Å². The molecular weight excluding hydrogens is 326 g/mol. The summed E-state index contributed by atoms with van der Waals surface area (Å²) in [5, 5.41) is 10.9. The number of nitrogens with one attached hydrogen (secondary N) is 4. The Bertz CT molecular complexity index is 776. The van der Waals surface area contributed by atoms with Crippen LogP contribution in [0.4, 0.5) is 0 Å². The van der Waals surface area contributed by atoms with Gasteiger partial charge in [0, 0.05) is 49.7 Å². The SMILES string of the molecule is CN=C(NCCCC(=O)NC1CC1)NCCc1c[nH]c2cc(C)ccc12. The van der Waals surface area contributed by atoms with Crippen LogP contribution in [0.2, 0.25) is 0 Å². The van der Waals surface area contributed by atoms with Gasteiger partial charge in [-0.25, -0.2) is 0 Å². The number of aryl methyl sites for hydroxylation is 1. The van der Waals surface area contributed by atoms with Gasteiger partial charge in [0.05, 0.1) is 0 Å². The van der Waals surface area contributed by atoms with Gasteiger partial charge in [-0.1, -0.05) is 12.1 Å². The number of rotatable bonds is 8. The molecule has 0 atom stereocenters. The molecule has 0 aliphatic heterocycles. The highest BCUT2D eigenvalue weighted by atomic mass is 16.1. The maximum absolute atomic E-state index is 11.7. The first-order valence-corrected chi connectivity index (χ1v) is 9.46. The second kappa shape index (κ2) is 8.74. The Morgan fingerprint density at radius 3 is 2.85 bits per heavy atom. The molecule has 6 nitrogen and oxygen atoms in total. The van der Waals surface area contributed by atoms with Crippen LogP contribution in [0, 0.1) is 6.92 Å². The summed E-state index contributed by atoms with van der Waals surface area (Å²) in [4.78, 5) is 19.2. The minimum Gasteiger partial charge on any atom is -0.361 e. The molecule has 1 amide bonds. The Kier molecular flexibility index (Phi) is 6.15. The summed E-state index contributed by atoms with van der Waals surface area (Å²) in [5.74, 6) is 0.940. The molecule has 4 N–H and O–H groups in total. The van der Waals surface area contributed by atoms with E-state index in [1.165, 1.54) is 22.0 Å². The Morgan fingerprint density at radius 2 is 2.08 bits per heavy atom. The van der Waals surface area contributed by atoms with Crippen LogP contribution in [0.25, 0.3) is 10.9 Å². The lowest BCUT2D eigenvalue weighted by atomic mass is 10.1. The van der Waals surface area contributed by atoms with Gasteiger partial charge in [0.15, 0.2) is 5.96 Å². The van der Waals surface area contributed by atoms with Crippen LogP contribution in [0.5, 0.6) is 0 Å². The average Bonchev–Trinajstić information content (AvgIpc) is 3.35. The van der Waals surface area contributed by atoms with Crippen LogP contribution in [0.15, 0.2) is 29.4 Å². The molecular formula is C20H29N5O. The number of aliphatic imine (C=N–C) groups is 1. The van der Waals surface area contributed by atoms with E-state index < -0.39 is 0 Å². The number of hydrogen-bond acceptors (Lipinski definition) is 2. The minimum atomic E-state index is 0.159. The van der Waals surface area contributed by atoms with E-state index in [1.807, 2.05) is 0 Å². The highest BCUT2D eigenvalue weighted by molar-refractivity contribution is 5.84. The molecule has 140 valence electrons. The number of aromatic amines is 1. The summed E-state index contributed by atoms with van der Waals surface area (Å²) in [6.45, 7) is 3.65. The maximum Gasteiger partial charge on any atom is 0.220 e. The number of guanidine groups is 1. The first-order chi connectivity index (χ1) is 12.7. The standard InChI is InChI=1S/C20H29N5O/c1-14-5-8-17-15(13-24-18(17)12-14)9-11-23-20(21-2)22-10-3-4-19(26)25-16-6-7-16/h5,8,12-13,16,24H,3-4,6-7,9-11H2,1-2H3,(H,25,26)(H2,21,22,23). The van der Waals surface area contributed by atoms with Gasteiger partial charge in [-0.3, -0.25) is 9.79 Å². The molecule has 1 aromatic carbocycles. The van der Waals surface area contributed by atoms with Crippen molar-refractivity contribution in [3.8, 4) is 0 Å². The molecule has 1 aliphatic rings. The Hall–Kier alpha value is -2.50. The summed E-state index contributed by atoms with van der Waals surface area (Å²) in [6, 6.07) is 6.94. The number of hydrogen-bond donors (Lipinski definition) is 4. The van der Waals surface area contributed by atoms with Crippen LogP contribution >= 0.6 is 0 Å². The third-order valence-electron chi connectivity index (χ3n) is 4.65. The molecule has 0 unspecified atom stereocenters. The van der Waals surface area contributed by atoms with Crippen molar-refractivity contribution in [1.29, 1.82) is 0 Å². The highest BCUT2D eigenvalue weighted by Crippen LogP contribution is 2.20. The van der Waals surface area contributed by atoms with E-state index in [4.69, 9.17) is 0 Å². The molecule has 1 fully saturated rings. The number of carbonyl (C=O) groups is 1. The van der Waals surface area contributed by atoms with Crippen LogP contribution in [-0.2, 0) is 11.2 Å². The van der Waals surface area contributed by atoms with Gasteiger partial charge in [-0.05, 0) is 49.8 Å². The number of H-pyrrole nitrogens is 1. The molecule has 1 saturated carbocycles. The zero-order valence-electron chi connectivity index (χ0n) is 15.7. The van der Waals surface area contributed by atoms with Crippen molar-refractivity contribution in [1.82, 2.24) is 20.9 Å². The average molecular weight is 355 g/mol. The number of fused-ring (bicyclic) bond motifs is 1. The lowest BCUT2D eigenvalue weighted by Crippen LogP contribution is -2.39. The van der Waals surface area contributed by atoms with Crippen molar-refractivity contribution in [3.63, 3.8) is 0 Å². The van der Waals surface area contributed by atoms with Gasteiger partial charge < -0.3 is 20.9 Å². The maximum atomic E-state index is 11.7. The number of benzene rings is 1. The molecule has 1 aromatic heterocycles. The van der Waals surface area contributed by atoms with Crippen molar-refractivity contribution in [2.75, 3.05) is 20.1 Å². The van der Waals surface area contributed by atoms with Gasteiger partial charge in [0.25, 0.3) is 0 Å². The summed E-state index contributed by atoms with van der Waals surface area (Å²) < 4.78 is 0. The fraction of sp³-hybridized carbons (Fsp3) is 0.500. The fourth-order valence-electron chi connectivity index (χ4n) is 3.03. The summed E-state index contributed by atoms with van der Waals surface area (Å²) >= 11 is 0.